The summed E-state index contributed by atoms with van der Waals surface area (Å²) < 4.78 is 1.26. The highest BCUT2D eigenvalue weighted by atomic mass is 16.2. The third kappa shape index (κ3) is 5.33. The van der Waals surface area contributed by atoms with Gasteiger partial charge in [-0.2, -0.15) is 0 Å². The number of carbonyl (C=O) groups is 1. The number of likely N-dealkylation sites (N-methyl/N-ethyl adjacent to an activating group) is 1. The maximum Gasteiger partial charge on any atom is 0.277 e. The molecule has 1 saturated heterocycles. The zero-order chi connectivity index (χ0) is 19.1. The number of hydrogen-bond acceptors (Lipinski definition) is 6. The van der Waals surface area contributed by atoms with Gasteiger partial charge in [-0.15, -0.1) is 5.10 Å². The van der Waals surface area contributed by atoms with Crippen LogP contribution in [0.2, 0.25) is 0 Å². The van der Waals surface area contributed by atoms with Crippen LogP contribution >= 0.6 is 0 Å². The molecule has 1 N–H and O–H groups in total. The molecule has 0 atom stereocenters. The van der Waals surface area contributed by atoms with Gasteiger partial charge in [0.25, 0.3) is 5.56 Å². The zero-order valence-corrected chi connectivity index (χ0v) is 15.9. The van der Waals surface area contributed by atoms with Crippen molar-refractivity contribution in [1.29, 1.82) is 0 Å². The van der Waals surface area contributed by atoms with E-state index in [0.717, 1.165) is 45.7 Å². The van der Waals surface area contributed by atoms with Crippen LogP contribution < -0.4 is 10.9 Å². The van der Waals surface area contributed by atoms with Crippen molar-refractivity contribution in [1.82, 2.24) is 30.1 Å². The minimum absolute atomic E-state index is 0.0624. The minimum Gasteiger partial charge on any atom is -0.356 e. The second kappa shape index (κ2) is 9.57. The molecule has 0 radical (unpaired) electrons. The second-order valence-corrected chi connectivity index (χ2v) is 6.86. The van der Waals surface area contributed by atoms with E-state index in [1.54, 1.807) is 18.2 Å². The van der Waals surface area contributed by atoms with Crippen LogP contribution in [0.15, 0.2) is 29.1 Å². The maximum absolute atomic E-state index is 12.3. The molecule has 8 nitrogen and oxygen atoms in total. The molecule has 1 aliphatic heterocycles. The Bertz CT molecular complexity index is 813. The third-order valence-corrected chi connectivity index (χ3v) is 5.07. The van der Waals surface area contributed by atoms with Crippen LogP contribution in [-0.4, -0.2) is 76.5 Å². The van der Waals surface area contributed by atoms with Crippen LogP contribution in [0.1, 0.15) is 19.8 Å². The second-order valence-electron chi connectivity index (χ2n) is 6.86. The summed E-state index contributed by atoms with van der Waals surface area (Å²) in [4.78, 5) is 29.3. The van der Waals surface area contributed by atoms with Crippen molar-refractivity contribution >= 4 is 16.8 Å². The third-order valence-electron chi connectivity index (χ3n) is 5.07. The molecule has 0 unspecified atom stereocenters. The van der Waals surface area contributed by atoms with E-state index in [2.05, 4.69) is 32.4 Å². The Hall–Kier alpha value is -2.32. The number of nitrogens with zero attached hydrogens (tertiary/aromatic N) is 5. The van der Waals surface area contributed by atoms with Gasteiger partial charge in [-0.05, 0) is 31.6 Å². The molecule has 3 rings (SSSR count). The first kappa shape index (κ1) is 19.4. The van der Waals surface area contributed by atoms with E-state index in [4.69, 9.17) is 0 Å². The molecule has 0 bridgehead atoms. The Morgan fingerprint density at radius 2 is 1.85 bits per heavy atom. The van der Waals surface area contributed by atoms with E-state index in [1.807, 2.05) is 6.07 Å². The Balaban J connectivity index is 1.37. The summed E-state index contributed by atoms with van der Waals surface area (Å²) in [6.07, 6.45) is 1.16. The van der Waals surface area contributed by atoms with Gasteiger partial charge in [-0.3, -0.25) is 9.59 Å². The highest BCUT2D eigenvalue weighted by molar-refractivity contribution is 5.77. The molecule has 146 valence electrons. The molecular formula is C19H28N6O2. The van der Waals surface area contributed by atoms with Crippen molar-refractivity contribution in [2.45, 2.75) is 26.3 Å². The Kier molecular flexibility index (Phi) is 6.89. The Morgan fingerprint density at radius 1 is 1.11 bits per heavy atom. The average Bonchev–Trinajstić information content (AvgIpc) is 2.71. The van der Waals surface area contributed by atoms with Crippen LogP contribution in [0, 0.1) is 0 Å². The van der Waals surface area contributed by atoms with Gasteiger partial charge in [0.15, 0.2) is 0 Å². The lowest BCUT2D eigenvalue weighted by molar-refractivity contribution is -0.121. The van der Waals surface area contributed by atoms with Crippen molar-refractivity contribution < 1.29 is 4.79 Å². The molecule has 1 amide bonds. The van der Waals surface area contributed by atoms with Crippen LogP contribution in [0.4, 0.5) is 0 Å². The molecule has 1 aromatic carbocycles. The summed E-state index contributed by atoms with van der Waals surface area (Å²) in [5.74, 6) is -0.0624. The van der Waals surface area contributed by atoms with Crippen LogP contribution in [0.25, 0.3) is 10.9 Å². The van der Waals surface area contributed by atoms with Gasteiger partial charge in [0, 0.05) is 39.1 Å². The quantitative estimate of drug-likeness (QED) is 0.672. The number of amides is 1. The molecule has 1 aliphatic rings. The SMILES string of the molecule is CCN1CCN(CCCNC(=O)CCn2nnc3ccccc3c2=O)CC1. The molecule has 0 aliphatic carbocycles. The van der Waals surface area contributed by atoms with Gasteiger partial charge >= 0.3 is 0 Å². The van der Waals surface area contributed by atoms with Gasteiger partial charge < -0.3 is 15.1 Å². The monoisotopic (exact) mass is 372 g/mol. The first-order valence-corrected chi connectivity index (χ1v) is 9.71. The van der Waals surface area contributed by atoms with Gasteiger partial charge in [-0.25, -0.2) is 4.68 Å². The molecule has 27 heavy (non-hydrogen) atoms. The lowest BCUT2D eigenvalue weighted by atomic mass is 10.2. The number of piperazine rings is 1. The number of carbonyl (C=O) groups excluding carboxylic acids is 1. The number of aryl methyl sites for hydroxylation is 1. The standard InChI is InChI=1S/C19H28N6O2/c1-2-23-12-14-24(15-13-23)10-5-9-20-18(26)8-11-25-19(27)16-6-3-4-7-17(16)21-22-25/h3-4,6-7H,2,5,8-15H2,1H3,(H,20,26). The van der Waals surface area contributed by atoms with Crippen molar-refractivity contribution in [3.05, 3.63) is 34.6 Å². The van der Waals surface area contributed by atoms with Crippen molar-refractivity contribution in [2.24, 2.45) is 0 Å². The van der Waals surface area contributed by atoms with E-state index in [-0.39, 0.29) is 24.4 Å². The lowest BCUT2D eigenvalue weighted by Crippen LogP contribution is -2.46. The van der Waals surface area contributed by atoms with Gasteiger partial charge in [0.05, 0.1) is 11.9 Å². The fourth-order valence-corrected chi connectivity index (χ4v) is 3.33. The number of rotatable bonds is 8. The van der Waals surface area contributed by atoms with E-state index in [1.165, 1.54) is 4.68 Å². The van der Waals surface area contributed by atoms with E-state index in [0.29, 0.717) is 17.4 Å². The van der Waals surface area contributed by atoms with Crippen LogP contribution in [0.3, 0.4) is 0 Å². The predicted octanol–water partition coefficient (Wildman–Crippen LogP) is 0.325. The summed E-state index contributed by atoms with van der Waals surface area (Å²) in [7, 11) is 0. The largest absolute Gasteiger partial charge is 0.356 e. The fraction of sp³-hybridized carbons (Fsp3) is 0.579. The highest BCUT2D eigenvalue weighted by Gasteiger charge is 2.14. The maximum atomic E-state index is 12.3. The number of nitrogens with one attached hydrogen (secondary N) is 1. The minimum atomic E-state index is -0.209. The Labute approximate surface area is 159 Å². The summed E-state index contributed by atoms with van der Waals surface area (Å²) >= 11 is 0. The summed E-state index contributed by atoms with van der Waals surface area (Å²) in [6.45, 7) is 9.68. The Morgan fingerprint density at radius 3 is 2.63 bits per heavy atom. The van der Waals surface area contributed by atoms with E-state index in [9.17, 15) is 9.59 Å². The number of aromatic nitrogens is 3. The molecule has 2 heterocycles. The first-order chi connectivity index (χ1) is 13.2. The van der Waals surface area contributed by atoms with Crippen molar-refractivity contribution in [3.63, 3.8) is 0 Å². The lowest BCUT2D eigenvalue weighted by Gasteiger charge is -2.33. The number of hydrogen-bond donors (Lipinski definition) is 1. The zero-order valence-electron chi connectivity index (χ0n) is 15.9. The molecule has 1 fully saturated rings. The van der Waals surface area contributed by atoms with E-state index < -0.39 is 0 Å². The highest BCUT2D eigenvalue weighted by Crippen LogP contribution is 2.04. The van der Waals surface area contributed by atoms with Crippen LogP contribution in [0.5, 0.6) is 0 Å². The predicted molar refractivity (Wildman–Crippen MR) is 105 cm³/mol. The molecule has 2 aromatic rings. The topological polar surface area (TPSA) is 83.4 Å². The van der Waals surface area contributed by atoms with Crippen LogP contribution in [-0.2, 0) is 11.3 Å². The molecule has 0 saturated carbocycles. The fourth-order valence-electron chi connectivity index (χ4n) is 3.33. The van der Waals surface area contributed by atoms with Crippen molar-refractivity contribution in [2.75, 3.05) is 45.8 Å². The number of fused-ring (bicyclic) bond motifs is 1. The normalized spacial score (nSPS) is 15.9. The van der Waals surface area contributed by atoms with E-state index >= 15 is 0 Å². The van der Waals surface area contributed by atoms with Gasteiger partial charge in [0.2, 0.25) is 5.91 Å². The van der Waals surface area contributed by atoms with Gasteiger partial charge in [-0.1, -0.05) is 24.3 Å². The average molecular weight is 372 g/mol. The number of benzene rings is 1. The molecular weight excluding hydrogens is 344 g/mol. The molecule has 8 heteroatoms. The molecule has 1 aromatic heterocycles. The summed E-state index contributed by atoms with van der Waals surface area (Å²) in [5, 5.41) is 11.4. The molecule has 0 spiro atoms. The first-order valence-electron chi connectivity index (χ1n) is 9.71. The van der Waals surface area contributed by atoms with Crippen molar-refractivity contribution in [3.8, 4) is 0 Å². The smallest absolute Gasteiger partial charge is 0.277 e. The van der Waals surface area contributed by atoms with Gasteiger partial charge in [0.1, 0.15) is 5.52 Å². The summed E-state index contributed by atoms with van der Waals surface area (Å²) in [6, 6.07) is 7.09. The summed E-state index contributed by atoms with van der Waals surface area (Å²) in [5.41, 5.74) is 0.364.